The first-order valence-corrected chi connectivity index (χ1v) is 6.63. The summed E-state index contributed by atoms with van der Waals surface area (Å²) in [5.41, 5.74) is 2.72. The minimum atomic E-state index is -0.439. The third kappa shape index (κ3) is 1.91. The van der Waals surface area contributed by atoms with Crippen molar-refractivity contribution in [2.75, 3.05) is 0 Å². The molecule has 1 aliphatic heterocycles. The fraction of sp³-hybridized carbons (Fsp3) is 0.125. The van der Waals surface area contributed by atoms with E-state index in [9.17, 15) is 9.59 Å². The van der Waals surface area contributed by atoms with Gasteiger partial charge in [-0.1, -0.05) is 12.1 Å². The molecule has 0 radical (unpaired) electrons. The number of aromatic nitrogens is 1. The predicted octanol–water partition coefficient (Wildman–Crippen LogP) is 1.84. The Hall–Kier alpha value is -3.20. The highest BCUT2D eigenvalue weighted by Gasteiger charge is 2.35. The van der Waals surface area contributed by atoms with E-state index in [2.05, 4.69) is 11.2 Å². The lowest BCUT2D eigenvalue weighted by atomic mass is 10.1. The van der Waals surface area contributed by atoms with Gasteiger partial charge in [0, 0.05) is 18.3 Å². The van der Waals surface area contributed by atoms with Crippen LogP contribution < -0.4 is 0 Å². The third-order valence-electron chi connectivity index (χ3n) is 3.77. The molecule has 6 heteroatoms. The van der Waals surface area contributed by atoms with Gasteiger partial charge >= 0.3 is 0 Å². The molecule has 0 unspecified atom stereocenters. The van der Waals surface area contributed by atoms with Crippen molar-refractivity contribution in [2.24, 2.45) is 12.1 Å². The molecule has 0 atom stereocenters. The van der Waals surface area contributed by atoms with Crippen LogP contribution in [0.5, 0.6) is 0 Å². The van der Waals surface area contributed by atoms with Crippen LogP contribution >= 0.6 is 0 Å². The molecule has 1 aromatic carbocycles. The Morgan fingerprint density at radius 1 is 1.18 bits per heavy atom. The zero-order chi connectivity index (χ0) is 15.9. The van der Waals surface area contributed by atoms with Crippen LogP contribution in [0, 0.1) is 18.3 Å². The second-order valence-electron chi connectivity index (χ2n) is 4.95. The summed E-state index contributed by atoms with van der Waals surface area (Å²) in [5, 5.41) is 13.9. The quantitative estimate of drug-likeness (QED) is 0.625. The number of nitriles is 1. The first-order chi connectivity index (χ1) is 10.5. The van der Waals surface area contributed by atoms with Gasteiger partial charge in [-0.05, 0) is 25.1 Å². The lowest BCUT2D eigenvalue weighted by Gasteiger charge is -2.05. The van der Waals surface area contributed by atoms with Crippen molar-refractivity contribution < 1.29 is 9.59 Å². The largest absolute Gasteiger partial charge is 0.339 e. The van der Waals surface area contributed by atoms with Crippen LogP contribution in [0.2, 0.25) is 0 Å². The van der Waals surface area contributed by atoms with Crippen molar-refractivity contribution in [3.8, 4) is 6.07 Å². The molecule has 22 heavy (non-hydrogen) atoms. The van der Waals surface area contributed by atoms with Crippen LogP contribution in [0.15, 0.2) is 35.4 Å². The predicted molar refractivity (Wildman–Crippen MR) is 79.4 cm³/mol. The average Bonchev–Trinajstić information content (AvgIpc) is 2.95. The van der Waals surface area contributed by atoms with E-state index in [4.69, 9.17) is 5.26 Å². The number of carbonyl (C=O) groups excluding carboxylic acids is 2. The molecule has 0 fully saturated rings. The number of nitrogens with zero attached hydrogens (tertiary/aromatic N) is 4. The maximum atomic E-state index is 12.2. The highest BCUT2D eigenvalue weighted by Crippen LogP contribution is 2.22. The number of hydrogen-bond acceptors (Lipinski definition) is 4. The minimum Gasteiger partial charge on any atom is -0.339 e. The van der Waals surface area contributed by atoms with Crippen molar-refractivity contribution in [1.82, 2.24) is 9.58 Å². The fourth-order valence-corrected chi connectivity index (χ4v) is 2.36. The smallest absolute Gasteiger partial charge is 0.282 e. The molecule has 1 aliphatic rings. The van der Waals surface area contributed by atoms with Crippen LogP contribution in [0.25, 0.3) is 0 Å². The van der Waals surface area contributed by atoms with Crippen LogP contribution in [0.4, 0.5) is 0 Å². The fourth-order valence-electron chi connectivity index (χ4n) is 2.36. The molecule has 2 heterocycles. The van der Waals surface area contributed by atoms with Gasteiger partial charge in [-0.3, -0.25) is 9.59 Å². The molecule has 0 saturated carbocycles. The number of hydrogen-bond donors (Lipinski definition) is 0. The zero-order valence-corrected chi connectivity index (χ0v) is 12.1. The number of rotatable bonds is 2. The van der Waals surface area contributed by atoms with E-state index in [-0.39, 0.29) is 0 Å². The number of imide groups is 1. The van der Waals surface area contributed by atoms with Gasteiger partial charge in [0.1, 0.15) is 11.8 Å². The molecule has 0 aliphatic carbocycles. The minimum absolute atomic E-state index is 0.354. The van der Waals surface area contributed by atoms with E-state index in [0.717, 1.165) is 10.7 Å². The van der Waals surface area contributed by atoms with Crippen molar-refractivity contribution in [3.63, 3.8) is 0 Å². The van der Waals surface area contributed by atoms with Crippen LogP contribution in [-0.4, -0.2) is 27.6 Å². The standard InChI is InChI=1S/C16H12N4O2/c1-10-11(7-12(8-17)19(10)2)9-18-20-15(21)13-5-3-4-6-14(13)16(20)22/h3-7,9H,1-2H3/b18-9-. The molecule has 108 valence electrons. The normalized spacial score (nSPS) is 13.8. The Kier molecular flexibility index (Phi) is 3.11. The first-order valence-electron chi connectivity index (χ1n) is 6.63. The van der Waals surface area contributed by atoms with Crippen molar-refractivity contribution >= 4 is 18.0 Å². The summed E-state index contributed by atoms with van der Waals surface area (Å²) in [6.45, 7) is 1.84. The zero-order valence-electron chi connectivity index (χ0n) is 12.1. The average molecular weight is 292 g/mol. The van der Waals surface area contributed by atoms with E-state index in [1.54, 1.807) is 41.9 Å². The summed E-state index contributed by atoms with van der Waals surface area (Å²) in [5.74, 6) is -0.878. The van der Waals surface area contributed by atoms with E-state index >= 15 is 0 Å². The van der Waals surface area contributed by atoms with Crippen molar-refractivity contribution in [3.05, 3.63) is 58.4 Å². The molecule has 0 N–H and O–H groups in total. The lowest BCUT2D eigenvalue weighted by Crippen LogP contribution is -2.24. The SMILES string of the molecule is Cc1c(/C=N\N2C(=O)c3ccccc3C2=O)cc(C#N)n1C. The van der Waals surface area contributed by atoms with Gasteiger partial charge in [0.25, 0.3) is 11.8 Å². The van der Waals surface area contributed by atoms with Gasteiger partial charge in [0.15, 0.2) is 0 Å². The lowest BCUT2D eigenvalue weighted by molar-refractivity contribution is 0.0660. The molecule has 0 bridgehead atoms. The van der Waals surface area contributed by atoms with Crippen LogP contribution in [0.1, 0.15) is 37.7 Å². The topological polar surface area (TPSA) is 78.5 Å². The van der Waals surface area contributed by atoms with E-state index in [0.29, 0.717) is 22.4 Å². The Morgan fingerprint density at radius 3 is 2.27 bits per heavy atom. The summed E-state index contributed by atoms with van der Waals surface area (Å²) in [6.07, 6.45) is 1.43. The molecular formula is C16H12N4O2. The monoisotopic (exact) mass is 292 g/mol. The summed E-state index contributed by atoms with van der Waals surface area (Å²) in [7, 11) is 1.77. The number of carbonyl (C=O) groups is 2. The Balaban J connectivity index is 1.94. The molecule has 0 spiro atoms. The first kappa shape index (κ1) is 13.8. The highest BCUT2D eigenvalue weighted by molar-refractivity contribution is 6.21. The molecule has 0 saturated heterocycles. The summed E-state index contributed by atoms with van der Waals surface area (Å²) in [6, 6.07) is 10.4. The highest BCUT2D eigenvalue weighted by atomic mass is 16.2. The summed E-state index contributed by atoms with van der Waals surface area (Å²) >= 11 is 0. The van der Waals surface area contributed by atoms with E-state index in [1.807, 2.05) is 6.92 Å². The second kappa shape index (κ2) is 4.97. The van der Waals surface area contributed by atoms with Gasteiger partial charge in [-0.15, -0.1) is 0 Å². The third-order valence-corrected chi connectivity index (χ3v) is 3.77. The maximum absolute atomic E-state index is 12.2. The summed E-state index contributed by atoms with van der Waals surface area (Å²) in [4.78, 5) is 24.4. The molecule has 2 aromatic rings. The Morgan fingerprint density at radius 2 is 1.77 bits per heavy atom. The van der Waals surface area contributed by atoms with Gasteiger partial charge in [0.05, 0.1) is 17.3 Å². The summed E-state index contributed by atoms with van der Waals surface area (Å²) < 4.78 is 1.73. The van der Waals surface area contributed by atoms with Gasteiger partial charge < -0.3 is 4.57 Å². The number of fused-ring (bicyclic) bond motifs is 1. The Labute approximate surface area is 126 Å². The van der Waals surface area contributed by atoms with Gasteiger partial charge in [-0.2, -0.15) is 15.4 Å². The van der Waals surface area contributed by atoms with Gasteiger partial charge in [-0.25, -0.2) is 0 Å². The number of amides is 2. The van der Waals surface area contributed by atoms with E-state index in [1.165, 1.54) is 6.21 Å². The van der Waals surface area contributed by atoms with Crippen molar-refractivity contribution in [2.45, 2.75) is 6.92 Å². The second-order valence-corrected chi connectivity index (χ2v) is 4.95. The van der Waals surface area contributed by atoms with Crippen molar-refractivity contribution in [1.29, 1.82) is 5.26 Å². The van der Waals surface area contributed by atoms with Crippen LogP contribution in [0.3, 0.4) is 0 Å². The molecule has 2 amide bonds. The molecular weight excluding hydrogens is 280 g/mol. The number of hydrazone groups is 1. The molecule has 1 aromatic heterocycles. The number of benzene rings is 1. The molecule has 6 nitrogen and oxygen atoms in total. The van der Waals surface area contributed by atoms with Crippen LogP contribution in [-0.2, 0) is 7.05 Å². The maximum Gasteiger partial charge on any atom is 0.282 e. The van der Waals surface area contributed by atoms with Gasteiger partial charge in [0.2, 0.25) is 0 Å². The molecule has 3 rings (SSSR count). The Bertz CT molecular complexity index is 836. The van der Waals surface area contributed by atoms with E-state index < -0.39 is 11.8 Å².